The van der Waals surface area contributed by atoms with Crippen molar-refractivity contribution in [3.63, 3.8) is 0 Å². The van der Waals surface area contributed by atoms with E-state index >= 15 is 0 Å². The molecule has 2 amide bonds. The minimum Gasteiger partial charge on any atom is -0.496 e. The molecule has 1 aromatic heterocycles. The summed E-state index contributed by atoms with van der Waals surface area (Å²) in [6.45, 7) is 2.41. The van der Waals surface area contributed by atoms with E-state index in [0.717, 1.165) is 21.5 Å². The largest absolute Gasteiger partial charge is 0.496 e. The summed E-state index contributed by atoms with van der Waals surface area (Å²) in [4.78, 5) is 18.1. The average molecular weight is 378 g/mol. The zero-order valence-electron chi connectivity index (χ0n) is 13.4. The van der Waals surface area contributed by atoms with Crippen LogP contribution in [0.5, 0.6) is 5.75 Å². The summed E-state index contributed by atoms with van der Waals surface area (Å²) in [7, 11) is 3.37. The molecule has 0 radical (unpaired) electrons. The van der Waals surface area contributed by atoms with Gasteiger partial charge in [0.05, 0.1) is 29.9 Å². The molecule has 0 aliphatic heterocycles. The topological polar surface area (TPSA) is 54.5 Å². The number of rotatable bonds is 5. The Morgan fingerprint density at radius 3 is 2.78 bits per heavy atom. The second-order valence-electron chi connectivity index (χ2n) is 5.24. The number of aromatic nitrogens is 1. The Kier molecular flexibility index (Phi) is 5.98. The van der Waals surface area contributed by atoms with Crippen LogP contribution < -0.4 is 10.1 Å². The number of nitrogens with zero attached hydrogens (tertiary/aromatic N) is 2. The summed E-state index contributed by atoms with van der Waals surface area (Å²) in [6, 6.07) is 11.2. The lowest BCUT2D eigenvalue weighted by Crippen LogP contribution is -2.38. The number of methoxy groups -OCH3 is 1. The first-order valence-corrected chi connectivity index (χ1v) is 8.05. The number of halogens is 1. The maximum atomic E-state index is 12.3. The quantitative estimate of drug-likeness (QED) is 0.862. The van der Waals surface area contributed by atoms with Crippen LogP contribution in [0.4, 0.5) is 4.79 Å². The van der Waals surface area contributed by atoms with Gasteiger partial charge in [0.25, 0.3) is 0 Å². The van der Waals surface area contributed by atoms with Crippen LogP contribution in [0, 0.1) is 0 Å². The Balaban J connectivity index is 1.97. The Morgan fingerprint density at radius 1 is 1.39 bits per heavy atom. The average Bonchev–Trinajstić information content (AvgIpc) is 2.55. The minimum absolute atomic E-state index is 0.115. The molecule has 0 spiro atoms. The Bertz CT molecular complexity index is 664. The van der Waals surface area contributed by atoms with Crippen molar-refractivity contribution in [3.05, 3.63) is 58.3 Å². The monoisotopic (exact) mass is 377 g/mol. The van der Waals surface area contributed by atoms with E-state index in [2.05, 4.69) is 26.2 Å². The fourth-order valence-corrected chi connectivity index (χ4v) is 2.70. The molecule has 0 aliphatic rings. The Labute approximate surface area is 144 Å². The summed E-state index contributed by atoms with van der Waals surface area (Å²) in [5, 5.41) is 2.98. The second kappa shape index (κ2) is 7.97. The third kappa shape index (κ3) is 4.69. The van der Waals surface area contributed by atoms with Gasteiger partial charge in [-0.3, -0.25) is 4.98 Å². The normalized spacial score (nSPS) is 11.7. The molecule has 1 atom stereocenters. The summed E-state index contributed by atoms with van der Waals surface area (Å²) < 4.78 is 6.08. The fraction of sp³-hybridized carbons (Fsp3) is 0.294. The number of ether oxygens (including phenoxy) is 1. The molecule has 1 aromatic carbocycles. The zero-order valence-corrected chi connectivity index (χ0v) is 15.0. The van der Waals surface area contributed by atoms with Crippen molar-refractivity contribution in [2.75, 3.05) is 14.2 Å². The number of urea groups is 1. The van der Waals surface area contributed by atoms with Gasteiger partial charge in [-0.2, -0.15) is 0 Å². The number of nitrogens with one attached hydrogen (secondary N) is 1. The van der Waals surface area contributed by atoms with E-state index in [1.807, 2.05) is 43.3 Å². The number of benzene rings is 1. The van der Waals surface area contributed by atoms with Gasteiger partial charge in [0, 0.05) is 13.2 Å². The van der Waals surface area contributed by atoms with Crippen molar-refractivity contribution in [1.82, 2.24) is 15.2 Å². The predicted molar refractivity (Wildman–Crippen MR) is 93.3 cm³/mol. The number of amides is 2. The molecule has 1 heterocycles. The van der Waals surface area contributed by atoms with Crippen LogP contribution in [0.25, 0.3) is 0 Å². The third-order valence-electron chi connectivity index (χ3n) is 3.49. The summed E-state index contributed by atoms with van der Waals surface area (Å²) in [6.07, 6.45) is 1.72. The lowest BCUT2D eigenvalue weighted by molar-refractivity contribution is 0.203. The molecular weight excluding hydrogens is 358 g/mol. The first kappa shape index (κ1) is 17.3. The first-order valence-electron chi connectivity index (χ1n) is 7.26. The van der Waals surface area contributed by atoms with E-state index in [1.54, 1.807) is 25.3 Å². The molecule has 0 bridgehead atoms. The van der Waals surface area contributed by atoms with Gasteiger partial charge in [-0.1, -0.05) is 12.1 Å². The molecule has 1 unspecified atom stereocenters. The van der Waals surface area contributed by atoms with E-state index in [1.165, 1.54) is 0 Å². The number of pyridine rings is 1. The number of carbonyl (C=O) groups excluding carboxylic acids is 1. The molecule has 0 fully saturated rings. The van der Waals surface area contributed by atoms with E-state index in [9.17, 15) is 4.79 Å². The summed E-state index contributed by atoms with van der Waals surface area (Å²) >= 11 is 3.46. The summed E-state index contributed by atoms with van der Waals surface area (Å²) in [5.41, 5.74) is 1.85. The van der Waals surface area contributed by atoms with Crippen molar-refractivity contribution in [1.29, 1.82) is 0 Å². The van der Waals surface area contributed by atoms with Gasteiger partial charge in [0.1, 0.15) is 5.75 Å². The van der Waals surface area contributed by atoms with Crippen molar-refractivity contribution in [2.45, 2.75) is 19.5 Å². The zero-order chi connectivity index (χ0) is 16.8. The van der Waals surface area contributed by atoms with Crippen LogP contribution in [0.3, 0.4) is 0 Å². The lowest BCUT2D eigenvalue weighted by Gasteiger charge is -2.21. The highest BCUT2D eigenvalue weighted by Crippen LogP contribution is 2.28. The number of carbonyl (C=O) groups is 1. The molecule has 0 aliphatic carbocycles. The SMILES string of the molecule is COc1ccc(C(C)NC(=O)N(C)Cc2ccccn2)cc1Br. The molecule has 2 rings (SSSR count). The van der Waals surface area contributed by atoms with E-state index in [4.69, 9.17) is 4.74 Å². The maximum Gasteiger partial charge on any atom is 0.317 e. The molecule has 2 aromatic rings. The maximum absolute atomic E-state index is 12.3. The molecule has 5 nitrogen and oxygen atoms in total. The molecule has 122 valence electrons. The van der Waals surface area contributed by atoms with Gasteiger partial charge in [0.2, 0.25) is 0 Å². The smallest absolute Gasteiger partial charge is 0.317 e. The molecule has 0 saturated heterocycles. The van der Waals surface area contributed by atoms with Gasteiger partial charge in [-0.05, 0) is 52.7 Å². The Morgan fingerprint density at radius 2 is 2.17 bits per heavy atom. The van der Waals surface area contributed by atoms with E-state index < -0.39 is 0 Å². The Hall–Kier alpha value is -2.08. The van der Waals surface area contributed by atoms with Gasteiger partial charge < -0.3 is 15.0 Å². The molecule has 0 saturated carbocycles. The van der Waals surface area contributed by atoms with Crippen LogP contribution in [0.2, 0.25) is 0 Å². The van der Waals surface area contributed by atoms with Crippen LogP contribution >= 0.6 is 15.9 Å². The van der Waals surface area contributed by atoms with Crippen molar-refractivity contribution < 1.29 is 9.53 Å². The van der Waals surface area contributed by atoms with E-state index in [0.29, 0.717) is 6.54 Å². The van der Waals surface area contributed by atoms with Gasteiger partial charge in [-0.15, -0.1) is 0 Å². The van der Waals surface area contributed by atoms with Crippen molar-refractivity contribution in [2.24, 2.45) is 0 Å². The van der Waals surface area contributed by atoms with Crippen LogP contribution in [-0.4, -0.2) is 30.1 Å². The van der Waals surface area contributed by atoms with Gasteiger partial charge >= 0.3 is 6.03 Å². The second-order valence-corrected chi connectivity index (χ2v) is 6.10. The van der Waals surface area contributed by atoms with Gasteiger partial charge in [0.15, 0.2) is 0 Å². The third-order valence-corrected chi connectivity index (χ3v) is 4.11. The molecule has 23 heavy (non-hydrogen) atoms. The van der Waals surface area contributed by atoms with Crippen LogP contribution in [0.15, 0.2) is 47.1 Å². The minimum atomic E-state index is -0.143. The summed E-state index contributed by atoms with van der Waals surface area (Å²) in [5.74, 6) is 0.763. The van der Waals surface area contributed by atoms with Crippen molar-refractivity contribution in [3.8, 4) is 5.75 Å². The molecule has 6 heteroatoms. The number of hydrogen-bond acceptors (Lipinski definition) is 3. The predicted octanol–water partition coefficient (Wildman–Crippen LogP) is 3.76. The molecule has 1 N–H and O–H groups in total. The first-order chi connectivity index (χ1) is 11.0. The van der Waals surface area contributed by atoms with Gasteiger partial charge in [-0.25, -0.2) is 4.79 Å². The standard InChI is InChI=1S/C17H20BrN3O2/c1-12(13-7-8-16(23-3)15(18)10-13)20-17(22)21(2)11-14-6-4-5-9-19-14/h4-10,12H,11H2,1-3H3,(H,20,22). The van der Waals surface area contributed by atoms with E-state index in [-0.39, 0.29) is 12.1 Å². The highest BCUT2D eigenvalue weighted by Gasteiger charge is 2.15. The van der Waals surface area contributed by atoms with Crippen molar-refractivity contribution >= 4 is 22.0 Å². The fourth-order valence-electron chi connectivity index (χ4n) is 2.14. The van der Waals surface area contributed by atoms with Crippen LogP contribution in [-0.2, 0) is 6.54 Å². The molecular formula is C17H20BrN3O2. The van der Waals surface area contributed by atoms with Crippen LogP contribution in [0.1, 0.15) is 24.2 Å². The highest BCUT2D eigenvalue weighted by molar-refractivity contribution is 9.10. The lowest BCUT2D eigenvalue weighted by atomic mass is 10.1. The highest BCUT2D eigenvalue weighted by atomic mass is 79.9. The number of hydrogen-bond donors (Lipinski definition) is 1.